The molecule has 4 aromatic rings. The molecule has 0 bridgehead atoms. The van der Waals surface area contributed by atoms with E-state index in [-0.39, 0.29) is 17.4 Å². The van der Waals surface area contributed by atoms with E-state index in [9.17, 15) is 9.18 Å². The molecule has 0 saturated heterocycles. The molecule has 0 aliphatic carbocycles. The lowest BCUT2D eigenvalue weighted by molar-refractivity contribution is 0.101. The van der Waals surface area contributed by atoms with Gasteiger partial charge in [0.15, 0.2) is 16.8 Å². The summed E-state index contributed by atoms with van der Waals surface area (Å²) in [6, 6.07) is 21.3. The number of carbonyl (C=O) groups excluding carboxylic acids is 1. The van der Waals surface area contributed by atoms with Crippen LogP contribution < -0.4 is 9.47 Å². The Morgan fingerprint density at radius 1 is 0.970 bits per heavy atom. The van der Waals surface area contributed by atoms with Gasteiger partial charge in [0, 0.05) is 6.07 Å². The highest BCUT2D eigenvalue weighted by atomic mass is 32.2. The van der Waals surface area contributed by atoms with E-state index >= 15 is 0 Å². The zero-order valence-electron chi connectivity index (χ0n) is 18.2. The second kappa shape index (κ2) is 10.3. The van der Waals surface area contributed by atoms with Gasteiger partial charge in [-0.3, -0.25) is 9.36 Å². The number of ketones is 1. The third-order valence-corrected chi connectivity index (χ3v) is 6.02. The highest BCUT2D eigenvalue weighted by Crippen LogP contribution is 2.29. The number of rotatable bonds is 9. The topological polar surface area (TPSA) is 66.2 Å². The lowest BCUT2D eigenvalue weighted by atomic mass is 10.1. The maximum Gasteiger partial charge on any atom is 0.192 e. The van der Waals surface area contributed by atoms with Crippen LogP contribution in [0.5, 0.6) is 11.5 Å². The molecule has 4 rings (SSSR count). The van der Waals surface area contributed by atoms with Crippen LogP contribution in [-0.2, 0) is 6.54 Å². The summed E-state index contributed by atoms with van der Waals surface area (Å²) in [5.41, 5.74) is 1.82. The highest BCUT2D eigenvalue weighted by molar-refractivity contribution is 7.99. The molecule has 0 aliphatic rings. The average Bonchev–Trinajstić information content (AvgIpc) is 3.24. The fraction of sp³-hybridized carbons (Fsp3) is 0.160. The summed E-state index contributed by atoms with van der Waals surface area (Å²) in [5.74, 6) is 1.07. The van der Waals surface area contributed by atoms with Gasteiger partial charge in [0.2, 0.25) is 0 Å². The monoisotopic (exact) mass is 463 g/mol. The molecule has 8 heteroatoms. The van der Waals surface area contributed by atoms with E-state index in [0.717, 1.165) is 5.56 Å². The normalized spacial score (nSPS) is 10.8. The Kier molecular flexibility index (Phi) is 7.04. The van der Waals surface area contributed by atoms with Crippen molar-refractivity contribution in [3.05, 3.63) is 89.7 Å². The number of hydrogen-bond acceptors (Lipinski definition) is 6. The van der Waals surface area contributed by atoms with Crippen molar-refractivity contribution >= 4 is 17.5 Å². The molecular weight excluding hydrogens is 441 g/mol. The van der Waals surface area contributed by atoms with Gasteiger partial charge < -0.3 is 9.47 Å². The number of halogens is 1. The Labute approximate surface area is 195 Å². The van der Waals surface area contributed by atoms with Crippen LogP contribution >= 0.6 is 11.8 Å². The van der Waals surface area contributed by atoms with Crippen molar-refractivity contribution in [2.45, 2.75) is 11.7 Å². The minimum atomic E-state index is -0.380. The van der Waals surface area contributed by atoms with Crippen LogP contribution in [-0.4, -0.2) is 40.5 Å². The molecule has 1 aromatic heterocycles. The first-order chi connectivity index (χ1) is 16.1. The number of ether oxygens (including phenoxy) is 2. The standard InChI is InChI=1S/C25H22FN3O3S/c1-31-18-12-13-20(23(14-18)32-2)22(30)16-33-25-28-27-24(19-10-6-7-11-21(19)26)29(25)15-17-8-4-3-5-9-17/h3-14H,15-16H2,1-2H3. The van der Waals surface area contributed by atoms with Crippen molar-refractivity contribution in [3.8, 4) is 22.9 Å². The van der Waals surface area contributed by atoms with Crippen molar-refractivity contribution in [1.29, 1.82) is 0 Å². The van der Waals surface area contributed by atoms with Gasteiger partial charge in [0.05, 0.1) is 37.6 Å². The number of carbonyl (C=O) groups is 1. The first-order valence-corrected chi connectivity index (χ1v) is 11.2. The van der Waals surface area contributed by atoms with Gasteiger partial charge in [-0.05, 0) is 29.8 Å². The third-order valence-electron chi connectivity index (χ3n) is 5.06. The van der Waals surface area contributed by atoms with Crippen molar-refractivity contribution < 1.29 is 18.7 Å². The fourth-order valence-corrected chi connectivity index (χ4v) is 4.20. The van der Waals surface area contributed by atoms with Gasteiger partial charge >= 0.3 is 0 Å². The largest absolute Gasteiger partial charge is 0.497 e. The quantitative estimate of drug-likeness (QED) is 0.253. The van der Waals surface area contributed by atoms with Crippen LogP contribution in [0.3, 0.4) is 0 Å². The van der Waals surface area contributed by atoms with E-state index in [1.54, 1.807) is 43.5 Å². The van der Waals surface area contributed by atoms with Crippen LogP contribution in [0, 0.1) is 5.82 Å². The summed E-state index contributed by atoms with van der Waals surface area (Å²) in [4.78, 5) is 12.9. The van der Waals surface area contributed by atoms with Crippen molar-refractivity contribution in [2.75, 3.05) is 20.0 Å². The predicted molar refractivity (Wildman–Crippen MR) is 126 cm³/mol. The SMILES string of the molecule is COc1ccc(C(=O)CSc2nnc(-c3ccccc3F)n2Cc2ccccc2)c(OC)c1. The molecule has 3 aromatic carbocycles. The van der Waals surface area contributed by atoms with Crippen molar-refractivity contribution in [1.82, 2.24) is 14.8 Å². The van der Waals surface area contributed by atoms with Gasteiger partial charge in [0.25, 0.3) is 0 Å². The molecule has 0 saturated carbocycles. The van der Waals surface area contributed by atoms with Crippen LogP contribution in [0.2, 0.25) is 0 Å². The zero-order valence-corrected chi connectivity index (χ0v) is 19.0. The number of Topliss-reactive ketones (excluding diaryl/α,β-unsaturated/α-hetero) is 1. The summed E-state index contributed by atoms with van der Waals surface area (Å²) in [6.45, 7) is 0.444. The van der Waals surface area contributed by atoms with Gasteiger partial charge in [0.1, 0.15) is 17.3 Å². The van der Waals surface area contributed by atoms with E-state index in [4.69, 9.17) is 9.47 Å². The van der Waals surface area contributed by atoms with Crippen LogP contribution in [0.4, 0.5) is 4.39 Å². The van der Waals surface area contributed by atoms with Gasteiger partial charge in [-0.1, -0.05) is 54.2 Å². The molecule has 0 N–H and O–H groups in total. The van der Waals surface area contributed by atoms with E-state index in [1.807, 2.05) is 34.9 Å². The van der Waals surface area contributed by atoms with Crippen LogP contribution in [0.1, 0.15) is 15.9 Å². The Hall–Kier alpha value is -3.65. The molecule has 1 heterocycles. The van der Waals surface area contributed by atoms with Crippen LogP contribution in [0.15, 0.2) is 78.0 Å². The Morgan fingerprint density at radius 2 is 1.73 bits per heavy atom. The fourth-order valence-electron chi connectivity index (χ4n) is 3.38. The molecule has 6 nitrogen and oxygen atoms in total. The first-order valence-electron chi connectivity index (χ1n) is 10.2. The Morgan fingerprint density at radius 3 is 2.45 bits per heavy atom. The van der Waals surface area contributed by atoms with Gasteiger partial charge in [-0.15, -0.1) is 10.2 Å². The molecule has 0 atom stereocenters. The minimum absolute atomic E-state index is 0.118. The Bertz CT molecular complexity index is 1260. The van der Waals surface area contributed by atoms with E-state index < -0.39 is 0 Å². The van der Waals surface area contributed by atoms with E-state index in [1.165, 1.54) is 24.9 Å². The van der Waals surface area contributed by atoms with Gasteiger partial charge in [-0.2, -0.15) is 0 Å². The maximum absolute atomic E-state index is 14.5. The number of benzene rings is 3. The molecule has 33 heavy (non-hydrogen) atoms. The molecule has 0 radical (unpaired) electrons. The van der Waals surface area contributed by atoms with E-state index in [2.05, 4.69) is 10.2 Å². The second-order valence-electron chi connectivity index (χ2n) is 7.14. The summed E-state index contributed by atoms with van der Waals surface area (Å²) >= 11 is 1.25. The summed E-state index contributed by atoms with van der Waals surface area (Å²) in [6.07, 6.45) is 0. The smallest absolute Gasteiger partial charge is 0.192 e. The van der Waals surface area contributed by atoms with Crippen molar-refractivity contribution in [2.24, 2.45) is 0 Å². The second-order valence-corrected chi connectivity index (χ2v) is 8.08. The number of thioether (sulfide) groups is 1. The molecule has 168 valence electrons. The molecular formula is C25H22FN3O3S. The number of methoxy groups -OCH3 is 2. The Balaban J connectivity index is 1.63. The van der Waals surface area contributed by atoms with Gasteiger partial charge in [-0.25, -0.2) is 4.39 Å². The lowest BCUT2D eigenvalue weighted by Gasteiger charge is -2.12. The molecule has 0 spiro atoms. The maximum atomic E-state index is 14.5. The average molecular weight is 464 g/mol. The highest BCUT2D eigenvalue weighted by Gasteiger charge is 2.20. The molecule has 0 amide bonds. The third kappa shape index (κ3) is 5.06. The molecule has 0 fully saturated rings. The first kappa shape index (κ1) is 22.5. The molecule has 0 aliphatic heterocycles. The molecule has 0 unspecified atom stereocenters. The lowest BCUT2D eigenvalue weighted by Crippen LogP contribution is -2.08. The predicted octanol–water partition coefficient (Wildman–Crippen LogP) is 5.12. The summed E-state index contributed by atoms with van der Waals surface area (Å²) in [7, 11) is 3.06. The summed E-state index contributed by atoms with van der Waals surface area (Å²) < 4.78 is 26.9. The number of nitrogens with zero attached hydrogens (tertiary/aromatic N) is 3. The van der Waals surface area contributed by atoms with Crippen LogP contribution in [0.25, 0.3) is 11.4 Å². The zero-order chi connectivity index (χ0) is 23.2. The number of hydrogen-bond donors (Lipinski definition) is 0. The van der Waals surface area contributed by atoms with Crippen molar-refractivity contribution in [3.63, 3.8) is 0 Å². The van der Waals surface area contributed by atoms with E-state index in [0.29, 0.717) is 40.2 Å². The summed E-state index contributed by atoms with van der Waals surface area (Å²) in [5, 5.41) is 9.05. The number of aromatic nitrogens is 3. The minimum Gasteiger partial charge on any atom is -0.497 e.